The number of hydrogen-bond acceptors (Lipinski definition) is 3. The number of carbonyl (C=O) groups is 1. The molecule has 2 aromatic rings. The zero-order chi connectivity index (χ0) is 14.4. The van der Waals surface area contributed by atoms with Crippen molar-refractivity contribution in [2.24, 2.45) is 0 Å². The van der Waals surface area contributed by atoms with E-state index < -0.39 is 0 Å². The van der Waals surface area contributed by atoms with E-state index >= 15 is 0 Å². The molecule has 0 atom stereocenters. The Hall–Kier alpha value is -2.42. The van der Waals surface area contributed by atoms with E-state index in [1.54, 1.807) is 12.3 Å². The van der Waals surface area contributed by atoms with Crippen LogP contribution in [0.25, 0.3) is 11.3 Å². The second kappa shape index (κ2) is 6.66. The standard InChI is InChI=1S/C17H17NO2/c1-3-7-13-9-10-14(12-19)17(20-4-2)16(13)15-8-5-6-11-18-15/h3,5-6,8-12H,1,4,7H2,2H3. The first-order chi connectivity index (χ1) is 9.81. The highest BCUT2D eigenvalue weighted by molar-refractivity contribution is 5.86. The first kappa shape index (κ1) is 14.0. The van der Waals surface area contributed by atoms with Crippen molar-refractivity contribution in [2.75, 3.05) is 6.61 Å². The average Bonchev–Trinajstić information content (AvgIpc) is 2.49. The molecule has 2 rings (SSSR count). The molecule has 0 fully saturated rings. The summed E-state index contributed by atoms with van der Waals surface area (Å²) in [6.07, 6.45) is 5.08. The quantitative estimate of drug-likeness (QED) is 0.592. The van der Waals surface area contributed by atoms with Gasteiger partial charge in [0, 0.05) is 11.8 Å². The molecule has 0 amide bonds. The molecule has 102 valence electrons. The molecule has 3 nitrogen and oxygen atoms in total. The minimum atomic E-state index is 0.498. The van der Waals surface area contributed by atoms with Gasteiger partial charge in [0.2, 0.25) is 0 Å². The van der Waals surface area contributed by atoms with Crippen LogP contribution < -0.4 is 4.74 Å². The lowest BCUT2D eigenvalue weighted by Gasteiger charge is -2.15. The van der Waals surface area contributed by atoms with E-state index in [4.69, 9.17) is 4.74 Å². The monoisotopic (exact) mass is 267 g/mol. The fourth-order valence-corrected chi connectivity index (χ4v) is 2.15. The Balaban J connectivity index is 2.70. The fraction of sp³-hybridized carbons (Fsp3) is 0.176. The van der Waals surface area contributed by atoms with Gasteiger partial charge in [-0.3, -0.25) is 9.78 Å². The van der Waals surface area contributed by atoms with Crippen LogP contribution in [0.4, 0.5) is 0 Å². The topological polar surface area (TPSA) is 39.2 Å². The number of nitrogens with zero attached hydrogens (tertiary/aromatic N) is 1. The maximum Gasteiger partial charge on any atom is 0.153 e. The molecule has 0 aliphatic rings. The van der Waals surface area contributed by atoms with Crippen LogP contribution in [0.1, 0.15) is 22.8 Å². The molecule has 1 aromatic heterocycles. The van der Waals surface area contributed by atoms with Crippen molar-refractivity contribution >= 4 is 6.29 Å². The van der Waals surface area contributed by atoms with Gasteiger partial charge in [-0.05, 0) is 37.1 Å². The molecular weight excluding hydrogens is 250 g/mol. The van der Waals surface area contributed by atoms with Crippen LogP contribution in [0.15, 0.2) is 49.2 Å². The van der Waals surface area contributed by atoms with Crippen LogP contribution in [-0.4, -0.2) is 17.9 Å². The minimum Gasteiger partial charge on any atom is -0.492 e. The molecule has 0 bridgehead atoms. The van der Waals surface area contributed by atoms with Gasteiger partial charge in [-0.1, -0.05) is 18.2 Å². The van der Waals surface area contributed by atoms with Crippen LogP contribution in [0.5, 0.6) is 5.75 Å². The highest BCUT2D eigenvalue weighted by atomic mass is 16.5. The Labute approximate surface area is 118 Å². The number of hydrogen-bond donors (Lipinski definition) is 0. The first-order valence-corrected chi connectivity index (χ1v) is 6.58. The maximum absolute atomic E-state index is 11.2. The van der Waals surface area contributed by atoms with Crippen LogP contribution >= 0.6 is 0 Å². The number of aromatic nitrogens is 1. The number of allylic oxidation sites excluding steroid dienone is 1. The smallest absolute Gasteiger partial charge is 0.153 e. The Kier molecular flexibility index (Phi) is 4.66. The highest BCUT2D eigenvalue weighted by Crippen LogP contribution is 2.35. The third-order valence-electron chi connectivity index (χ3n) is 2.98. The lowest BCUT2D eigenvalue weighted by Crippen LogP contribution is -2.02. The zero-order valence-corrected chi connectivity index (χ0v) is 11.5. The summed E-state index contributed by atoms with van der Waals surface area (Å²) >= 11 is 0. The predicted molar refractivity (Wildman–Crippen MR) is 80.1 cm³/mol. The van der Waals surface area contributed by atoms with Gasteiger partial charge in [-0.2, -0.15) is 0 Å². The Morgan fingerprint density at radius 1 is 1.30 bits per heavy atom. The second-order valence-corrected chi connectivity index (χ2v) is 4.28. The van der Waals surface area contributed by atoms with Gasteiger partial charge in [0.25, 0.3) is 0 Å². The number of benzene rings is 1. The third kappa shape index (κ3) is 2.77. The van der Waals surface area contributed by atoms with E-state index in [1.165, 1.54) is 0 Å². The second-order valence-electron chi connectivity index (χ2n) is 4.28. The van der Waals surface area contributed by atoms with Crippen molar-refractivity contribution in [1.82, 2.24) is 4.98 Å². The number of carbonyl (C=O) groups excluding carboxylic acids is 1. The van der Waals surface area contributed by atoms with Crippen LogP contribution in [0.3, 0.4) is 0 Å². The molecule has 0 unspecified atom stereocenters. The minimum absolute atomic E-state index is 0.498. The van der Waals surface area contributed by atoms with Gasteiger partial charge >= 0.3 is 0 Å². The van der Waals surface area contributed by atoms with Crippen molar-refractivity contribution in [1.29, 1.82) is 0 Å². The highest BCUT2D eigenvalue weighted by Gasteiger charge is 2.16. The molecule has 0 aliphatic carbocycles. The molecule has 0 spiro atoms. The average molecular weight is 267 g/mol. The summed E-state index contributed by atoms with van der Waals surface area (Å²) in [5.41, 5.74) is 3.27. The summed E-state index contributed by atoms with van der Waals surface area (Å²) in [5, 5.41) is 0. The van der Waals surface area contributed by atoms with Crippen LogP contribution in [0, 0.1) is 0 Å². The van der Waals surface area contributed by atoms with Gasteiger partial charge in [0.1, 0.15) is 5.75 Å². The normalized spacial score (nSPS) is 10.1. The number of pyridine rings is 1. The largest absolute Gasteiger partial charge is 0.492 e. The predicted octanol–water partition coefficient (Wildman–Crippen LogP) is 3.69. The fourth-order valence-electron chi connectivity index (χ4n) is 2.15. The Morgan fingerprint density at radius 3 is 2.75 bits per heavy atom. The molecule has 1 heterocycles. The summed E-state index contributed by atoms with van der Waals surface area (Å²) in [4.78, 5) is 15.6. The molecule has 3 heteroatoms. The summed E-state index contributed by atoms with van der Waals surface area (Å²) in [6, 6.07) is 9.41. The van der Waals surface area contributed by atoms with E-state index in [0.717, 1.165) is 23.1 Å². The van der Waals surface area contributed by atoms with E-state index in [-0.39, 0.29) is 0 Å². The summed E-state index contributed by atoms with van der Waals surface area (Å²) in [5.74, 6) is 0.598. The lowest BCUT2D eigenvalue weighted by molar-refractivity contribution is 0.112. The molecule has 0 radical (unpaired) electrons. The van der Waals surface area contributed by atoms with Gasteiger partial charge in [-0.15, -0.1) is 6.58 Å². The first-order valence-electron chi connectivity index (χ1n) is 6.58. The number of aldehydes is 1. The Bertz CT molecular complexity index is 606. The molecular formula is C17H17NO2. The third-order valence-corrected chi connectivity index (χ3v) is 2.98. The van der Waals surface area contributed by atoms with Crippen LogP contribution in [0.2, 0.25) is 0 Å². The SMILES string of the molecule is C=CCc1ccc(C=O)c(OCC)c1-c1ccccn1. The lowest BCUT2D eigenvalue weighted by atomic mass is 9.97. The molecule has 0 N–H and O–H groups in total. The summed E-state index contributed by atoms with van der Waals surface area (Å²) < 4.78 is 5.69. The van der Waals surface area contributed by atoms with Gasteiger partial charge < -0.3 is 4.74 Å². The van der Waals surface area contributed by atoms with Gasteiger partial charge in [-0.25, -0.2) is 0 Å². The molecule has 0 saturated carbocycles. The molecule has 20 heavy (non-hydrogen) atoms. The Morgan fingerprint density at radius 2 is 2.15 bits per heavy atom. The van der Waals surface area contributed by atoms with Crippen molar-refractivity contribution in [3.8, 4) is 17.0 Å². The molecule has 0 saturated heterocycles. The molecule has 0 aliphatic heterocycles. The molecule has 1 aromatic carbocycles. The van der Waals surface area contributed by atoms with Crippen molar-refractivity contribution < 1.29 is 9.53 Å². The van der Waals surface area contributed by atoms with E-state index in [0.29, 0.717) is 24.3 Å². The summed E-state index contributed by atoms with van der Waals surface area (Å²) in [6.45, 7) is 6.18. The van der Waals surface area contributed by atoms with E-state index in [1.807, 2.05) is 37.3 Å². The van der Waals surface area contributed by atoms with E-state index in [2.05, 4.69) is 11.6 Å². The number of ether oxygens (including phenoxy) is 1. The van der Waals surface area contributed by atoms with Gasteiger partial charge in [0.15, 0.2) is 6.29 Å². The van der Waals surface area contributed by atoms with E-state index in [9.17, 15) is 4.79 Å². The van der Waals surface area contributed by atoms with Gasteiger partial charge in [0.05, 0.1) is 17.9 Å². The van der Waals surface area contributed by atoms with Crippen molar-refractivity contribution in [3.63, 3.8) is 0 Å². The van der Waals surface area contributed by atoms with Crippen molar-refractivity contribution in [3.05, 3.63) is 60.3 Å². The summed E-state index contributed by atoms with van der Waals surface area (Å²) in [7, 11) is 0. The number of rotatable bonds is 6. The zero-order valence-electron chi connectivity index (χ0n) is 11.5. The van der Waals surface area contributed by atoms with Crippen molar-refractivity contribution in [2.45, 2.75) is 13.3 Å². The maximum atomic E-state index is 11.2. The van der Waals surface area contributed by atoms with Crippen LogP contribution in [-0.2, 0) is 6.42 Å².